The molecule has 1 aliphatic heterocycles. The Morgan fingerprint density at radius 1 is 1.29 bits per heavy atom. The maximum atomic E-state index is 11.9. The highest BCUT2D eigenvalue weighted by molar-refractivity contribution is 7.53. The van der Waals surface area contributed by atoms with E-state index in [0.717, 1.165) is 25.7 Å². The number of nitrogens with zero attached hydrogens (tertiary/aromatic N) is 4. The fraction of sp³-hybridized carbons (Fsp3) is 0.737. The number of aliphatic hydroxyl groups is 3. The van der Waals surface area contributed by atoms with Crippen molar-refractivity contribution in [1.82, 2.24) is 19.7 Å². The highest BCUT2D eigenvalue weighted by Gasteiger charge is 2.51. The quantitative estimate of drug-likeness (QED) is 0.174. The molecule has 3 heterocycles. The molecule has 14 nitrogen and oxygen atoms in total. The average molecular weight is 538 g/mol. The lowest BCUT2D eigenvalue weighted by Crippen LogP contribution is -2.44. The molecule has 2 aliphatic rings. The molecule has 4 rings (SSSR count). The van der Waals surface area contributed by atoms with Gasteiger partial charge < -0.3 is 44.6 Å². The third-order valence-electron chi connectivity index (χ3n) is 6.36. The van der Waals surface area contributed by atoms with Gasteiger partial charge in [-0.2, -0.15) is 15.1 Å². The number of rotatable bonds is 10. The maximum absolute atomic E-state index is 11.9. The maximum Gasteiger partial charge on any atom is 0.361 e. The molecule has 35 heavy (non-hydrogen) atoms. The molecule has 0 spiro atoms. The minimum atomic E-state index is -4.99. The molecule has 5 atom stereocenters. The molecule has 0 bridgehead atoms. The topological polar surface area (TPSA) is 202 Å². The van der Waals surface area contributed by atoms with Crippen molar-refractivity contribution in [3.8, 4) is 0 Å². The Bertz CT molecular complexity index is 1080. The Balaban J connectivity index is 1.56. The van der Waals surface area contributed by atoms with Gasteiger partial charge in [-0.15, -0.1) is 0 Å². The number of aliphatic hydroxyl groups excluding tert-OH is 3. The predicted molar refractivity (Wildman–Crippen MR) is 122 cm³/mol. The van der Waals surface area contributed by atoms with Crippen LogP contribution in [0.15, 0.2) is 6.20 Å². The standard InChI is InChI=1S/C19H29ClN5O9P/c1-32-9-19(8-26,35(29,30)31)33-7-12-13(27)14(28)17(34-12)25-16-11(6-21-25)15(23-18(20)24-16)22-10-4-2-3-5-10/h6,10,12-14,17,26-28H,2-5,7-9H2,1H3,(H,22,23,24)(H2,29,30,31)/t12-,13-,14-,17-,19-/m1/s1. The normalized spacial score (nSPS) is 27.5. The van der Waals surface area contributed by atoms with Crippen molar-refractivity contribution < 1.29 is 43.9 Å². The molecule has 16 heteroatoms. The summed E-state index contributed by atoms with van der Waals surface area (Å²) in [5.41, 5.74) is 0.266. The third kappa shape index (κ3) is 5.18. The zero-order valence-corrected chi connectivity index (χ0v) is 20.5. The lowest BCUT2D eigenvalue weighted by Gasteiger charge is -2.32. The summed E-state index contributed by atoms with van der Waals surface area (Å²) in [6.45, 7) is -2.22. The van der Waals surface area contributed by atoms with Crippen LogP contribution < -0.4 is 5.32 Å². The Morgan fingerprint density at radius 2 is 2.00 bits per heavy atom. The molecular weight excluding hydrogens is 509 g/mol. The number of fused-ring (bicyclic) bond motifs is 1. The zero-order chi connectivity index (χ0) is 25.4. The second-order valence-corrected chi connectivity index (χ2v) is 11.0. The molecule has 0 unspecified atom stereocenters. The van der Waals surface area contributed by atoms with E-state index >= 15 is 0 Å². The molecule has 6 N–H and O–H groups in total. The van der Waals surface area contributed by atoms with Gasteiger partial charge in [-0.1, -0.05) is 12.8 Å². The van der Waals surface area contributed by atoms with Crippen LogP contribution in [-0.2, 0) is 18.8 Å². The number of aromatic nitrogens is 4. The van der Waals surface area contributed by atoms with Crippen molar-refractivity contribution in [2.24, 2.45) is 0 Å². The minimum absolute atomic E-state index is 0.0402. The van der Waals surface area contributed by atoms with E-state index in [9.17, 15) is 29.7 Å². The van der Waals surface area contributed by atoms with Crippen LogP contribution in [0.3, 0.4) is 0 Å². The first-order valence-corrected chi connectivity index (χ1v) is 13.1. The molecule has 0 amide bonds. The molecule has 2 aromatic heterocycles. The highest BCUT2D eigenvalue weighted by Crippen LogP contribution is 2.51. The van der Waals surface area contributed by atoms with E-state index in [1.165, 1.54) is 18.0 Å². The lowest BCUT2D eigenvalue weighted by molar-refractivity contribution is -0.125. The van der Waals surface area contributed by atoms with Gasteiger partial charge in [-0.3, -0.25) is 4.57 Å². The molecule has 2 aromatic rings. The van der Waals surface area contributed by atoms with E-state index in [1.54, 1.807) is 0 Å². The summed E-state index contributed by atoms with van der Waals surface area (Å²) in [5.74, 6) is 0.500. The van der Waals surface area contributed by atoms with E-state index in [0.29, 0.717) is 11.2 Å². The molecule has 0 aromatic carbocycles. The largest absolute Gasteiger partial charge is 0.393 e. The monoisotopic (exact) mass is 537 g/mol. The van der Waals surface area contributed by atoms with Gasteiger partial charge in [-0.05, 0) is 24.4 Å². The first-order chi connectivity index (χ1) is 16.6. The average Bonchev–Trinajstić information content (AvgIpc) is 3.52. The molecule has 1 aliphatic carbocycles. The van der Waals surface area contributed by atoms with Gasteiger partial charge in [0.25, 0.3) is 0 Å². The van der Waals surface area contributed by atoms with Crippen LogP contribution in [0.25, 0.3) is 11.0 Å². The van der Waals surface area contributed by atoms with Crippen molar-refractivity contribution in [3.63, 3.8) is 0 Å². The van der Waals surface area contributed by atoms with Crippen LogP contribution in [0.1, 0.15) is 31.9 Å². The zero-order valence-electron chi connectivity index (χ0n) is 18.9. The summed E-state index contributed by atoms with van der Waals surface area (Å²) in [6.07, 6.45) is 0.345. The number of halogens is 1. The summed E-state index contributed by atoms with van der Waals surface area (Å²) >= 11 is 6.14. The summed E-state index contributed by atoms with van der Waals surface area (Å²) in [7, 11) is -3.80. The number of hydrogen-bond acceptors (Lipinski definition) is 11. The second kappa shape index (κ2) is 10.5. The second-order valence-electron chi connectivity index (χ2n) is 8.73. The Morgan fingerprint density at radius 3 is 2.63 bits per heavy atom. The SMILES string of the molecule is COC[C@](CO)(OC[C@H]1O[C@@H](n2ncc3c(NC4CCCC4)nc(Cl)nc32)[C@H](O)[C@@H]1O)P(=O)(O)O. The van der Waals surface area contributed by atoms with Crippen LogP contribution in [0.2, 0.25) is 5.28 Å². The van der Waals surface area contributed by atoms with Crippen LogP contribution in [-0.4, -0.2) is 101 Å². The summed E-state index contributed by atoms with van der Waals surface area (Å²) in [6, 6.07) is 0.247. The minimum Gasteiger partial charge on any atom is -0.393 e. The van der Waals surface area contributed by atoms with E-state index < -0.39 is 57.3 Å². The van der Waals surface area contributed by atoms with Gasteiger partial charge in [0.1, 0.15) is 24.1 Å². The number of hydrogen-bond donors (Lipinski definition) is 6. The van der Waals surface area contributed by atoms with Crippen LogP contribution in [0, 0.1) is 0 Å². The number of methoxy groups -OCH3 is 1. The van der Waals surface area contributed by atoms with Gasteiger partial charge in [0.2, 0.25) is 10.6 Å². The highest BCUT2D eigenvalue weighted by atomic mass is 35.5. The van der Waals surface area contributed by atoms with E-state index in [-0.39, 0.29) is 17.0 Å². The third-order valence-corrected chi connectivity index (χ3v) is 8.00. The molecule has 1 saturated carbocycles. The van der Waals surface area contributed by atoms with E-state index in [2.05, 4.69) is 20.4 Å². The number of ether oxygens (including phenoxy) is 3. The fourth-order valence-electron chi connectivity index (χ4n) is 4.38. The Labute approximate surface area is 205 Å². The lowest BCUT2D eigenvalue weighted by atomic mass is 10.1. The van der Waals surface area contributed by atoms with Crippen LogP contribution in [0.4, 0.5) is 5.82 Å². The van der Waals surface area contributed by atoms with Gasteiger partial charge in [-0.25, -0.2) is 4.68 Å². The number of anilines is 1. The van der Waals surface area contributed by atoms with Gasteiger partial charge in [0, 0.05) is 13.2 Å². The molecule has 2 fully saturated rings. The van der Waals surface area contributed by atoms with Crippen molar-refractivity contribution in [2.45, 2.75) is 61.6 Å². The van der Waals surface area contributed by atoms with Crippen molar-refractivity contribution in [1.29, 1.82) is 0 Å². The smallest absolute Gasteiger partial charge is 0.361 e. The fourth-order valence-corrected chi connectivity index (χ4v) is 5.27. The summed E-state index contributed by atoms with van der Waals surface area (Å²) in [5, 5.41) is 36.6. The summed E-state index contributed by atoms with van der Waals surface area (Å²) < 4.78 is 29.1. The van der Waals surface area contributed by atoms with Crippen molar-refractivity contribution in [3.05, 3.63) is 11.5 Å². The predicted octanol–water partition coefficient (Wildman–Crippen LogP) is -0.0173. The molecule has 1 saturated heterocycles. The van der Waals surface area contributed by atoms with Crippen LogP contribution in [0.5, 0.6) is 0 Å². The molecule has 0 radical (unpaired) electrons. The first-order valence-electron chi connectivity index (χ1n) is 11.1. The van der Waals surface area contributed by atoms with E-state index in [4.69, 9.17) is 25.8 Å². The van der Waals surface area contributed by atoms with Crippen molar-refractivity contribution >= 4 is 36.0 Å². The van der Waals surface area contributed by atoms with Crippen molar-refractivity contribution in [2.75, 3.05) is 32.2 Å². The van der Waals surface area contributed by atoms with Gasteiger partial charge in [0.15, 0.2) is 11.9 Å². The number of nitrogens with one attached hydrogen (secondary N) is 1. The molecule has 196 valence electrons. The Hall–Kier alpha value is -1.45. The first kappa shape index (κ1) is 26.6. The van der Waals surface area contributed by atoms with Crippen LogP contribution >= 0.6 is 19.2 Å². The van der Waals surface area contributed by atoms with E-state index in [1.807, 2.05) is 0 Å². The van der Waals surface area contributed by atoms with Gasteiger partial charge in [0.05, 0.1) is 31.4 Å². The van der Waals surface area contributed by atoms with Gasteiger partial charge >= 0.3 is 7.60 Å². The summed E-state index contributed by atoms with van der Waals surface area (Å²) in [4.78, 5) is 27.8. The Kier molecular flexibility index (Phi) is 7.98. The molecular formula is C19H29ClN5O9P.